The molecule has 0 rings (SSSR count). The van der Waals surface area contributed by atoms with Crippen LogP contribution in [0.4, 0.5) is 0 Å². The Balaban J connectivity index is 4.61. The average Bonchev–Trinajstić information content (AvgIpc) is 3.18. The summed E-state index contributed by atoms with van der Waals surface area (Å²) < 4.78 is 33.7. The number of quaternary nitrogens is 1. The monoisotopic (exact) mass is 848 g/mol. The Morgan fingerprint density at radius 3 is 1.76 bits per heavy atom. The normalized spacial score (nSPS) is 14.9. The highest BCUT2D eigenvalue weighted by atomic mass is 31.2. The van der Waals surface area contributed by atoms with E-state index in [4.69, 9.17) is 18.5 Å². The second kappa shape index (κ2) is 39.3. The summed E-state index contributed by atoms with van der Waals surface area (Å²) in [6.45, 7) is 3.95. The number of phosphoric acid groups is 1. The Kier molecular flexibility index (Phi) is 37.4. The molecular weight excluding hydrogens is 765 g/mol. The number of nitrogens with zero attached hydrogens (tertiary/aromatic N) is 1. The summed E-state index contributed by atoms with van der Waals surface area (Å²) in [5.41, 5.74) is 0. The number of unbranched alkanes of at least 4 members (excludes halogenated alkanes) is 11. The van der Waals surface area contributed by atoms with Gasteiger partial charge >= 0.3 is 11.9 Å². The van der Waals surface area contributed by atoms with Crippen molar-refractivity contribution in [3.63, 3.8) is 0 Å². The average molecular weight is 848 g/mol. The molecule has 0 aromatic rings. The highest BCUT2D eigenvalue weighted by molar-refractivity contribution is 7.45. The van der Waals surface area contributed by atoms with Gasteiger partial charge in [0.2, 0.25) is 0 Å². The molecule has 0 heterocycles. The molecule has 0 fully saturated rings. The van der Waals surface area contributed by atoms with Gasteiger partial charge in [0.15, 0.2) is 6.10 Å². The number of hydrogen-bond acceptors (Lipinski definition) is 9. The van der Waals surface area contributed by atoms with E-state index >= 15 is 0 Å². The van der Waals surface area contributed by atoms with Gasteiger partial charge in [0, 0.05) is 12.8 Å². The highest BCUT2D eigenvalue weighted by Crippen LogP contribution is 2.38. The number of likely N-dealkylation sites (N-methyl/N-ethyl adjacent to an activating group) is 1. The predicted octanol–water partition coefficient (Wildman–Crippen LogP) is 11.1. The number of carbonyl (C=O) groups excluding carboxylic acids is 2. The van der Waals surface area contributed by atoms with Crippen LogP contribution < -0.4 is 4.89 Å². The first kappa shape index (κ1) is 56.1. The predicted molar refractivity (Wildman–Crippen MR) is 242 cm³/mol. The number of esters is 2. The van der Waals surface area contributed by atoms with Crippen molar-refractivity contribution in [3.05, 3.63) is 85.1 Å². The Morgan fingerprint density at radius 2 is 1.14 bits per heavy atom. The van der Waals surface area contributed by atoms with Gasteiger partial charge in [0.1, 0.15) is 19.8 Å². The Labute approximate surface area is 359 Å². The fourth-order valence-electron chi connectivity index (χ4n) is 5.39. The van der Waals surface area contributed by atoms with E-state index in [1.807, 2.05) is 63.7 Å². The number of phosphoric ester groups is 1. The number of carbonyl (C=O) groups is 2. The summed E-state index contributed by atoms with van der Waals surface area (Å²) in [6.07, 6.45) is 46.5. The third kappa shape index (κ3) is 43.1. The summed E-state index contributed by atoms with van der Waals surface area (Å²) >= 11 is 0. The molecule has 0 aromatic heterocycles. The second-order valence-corrected chi connectivity index (χ2v) is 17.3. The van der Waals surface area contributed by atoms with Gasteiger partial charge in [-0.3, -0.25) is 14.2 Å². The van der Waals surface area contributed by atoms with Crippen molar-refractivity contribution < 1.29 is 47.2 Å². The van der Waals surface area contributed by atoms with Gasteiger partial charge in [-0.2, -0.15) is 0 Å². The van der Waals surface area contributed by atoms with Crippen molar-refractivity contribution in [2.45, 2.75) is 161 Å². The van der Waals surface area contributed by atoms with Gasteiger partial charge in [0.25, 0.3) is 7.82 Å². The molecule has 0 aliphatic carbocycles. The first-order valence-electron chi connectivity index (χ1n) is 22.4. The minimum Gasteiger partial charge on any atom is -0.756 e. The van der Waals surface area contributed by atoms with E-state index in [0.29, 0.717) is 43.1 Å². The second-order valence-electron chi connectivity index (χ2n) is 15.9. The molecule has 0 aromatic carbocycles. The van der Waals surface area contributed by atoms with E-state index in [-0.39, 0.29) is 26.1 Å². The topological polar surface area (TPSA) is 131 Å². The van der Waals surface area contributed by atoms with Crippen LogP contribution in [0.1, 0.15) is 149 Å². The third-order valence-corrected chi connectivity index (χ3v) is 9.93. The SMILES string of the molecule is CCCCC/C=C\C=C/[C@@H](O)C/C=C\C/C=C/CCCC(=O)OC[C@H](COP(=O)([O-])OCC[N+](C)(C)C)OC(=O)CCC/C=C\C/C=C\C/C=C\CCCCCCCC. The first-order valence-corrected chi connectivity index (χ1v) is 23.9. The Morgan fingerprint density at radius 1 is 0.627 bits per heavy atom. The largest absolute Gasteiger partial charge is 0.756 e. The fraction of sp³-hybridized carbons (Fsp3) is 0.667. The number of aliphatic hydroxyl groups excluding tert-OH is 1. The lowest BCUT2D eigenvalue weighted by atomic mass is 10.1. The minimum atomic E-state index is -4.67. The Bertz CT molecular complexity index is 1300. The van der Waals surface area contributed by atoms with Crippen LogP contribution in [0.5, 0.6) is 0 Å². The van der Waals surface area contributed by atoms with Gasteiger partial charge in [-0.15, -0.1) is 0 Å². The zero-order valence-electron chi connectivity index (χ0n) is 37.5. The summed E-state index contributed by atoms with van der Waals surface area (Å²) in [5, 5.41) is 10.1. The molecule has 0 aliphatic rings. The maximum atomic E-state index is 12.7. The van der Waals surface area contributed by atoms with Crippen molar-refractivity contribution in [3.8, 4) is 0 Å². The molecule has 0 bridgehead atoms. The molecule has 3 atom stereocenters. The minimum absolute atomic E-state index is 0.0633. The smallest absolute Gasteiger partial charge is 0.306 e. The van der Waals surface area contributed by atoms with Crippen molar-refractivity contribution in [2.75, 3.05) is 47.5 Å². The summed E-state index contributed by atoms with van der Waals surface area (Å²) in [6, 6.07) is 0. The van der Waals surface area contributed by atoms with E-state index < -0.39 is 38.6 Å². The molecular formula is C48H82NO9P. The van der Waals surface area contributed by atoms with Crippen LogP contribution in [0.25, 0.3) is 0 Å². The van der Waals surface area contributed by atoms with E-state index in [1.165, 1.54) is 57.8 Å². The number of hydrogen-bond donors (Lipinski definition) is 1. The zero-order chi connectivity index (χ0) is 43.7. The molecule has 59 heavy (non-hydrogen) atoms. The number of rotatable bonds is 39. The van der Waals surface area contributed by atoms with Gasteiger partial charge < -0.3 is 33.0 Å². The standard InChI is InChI=1S/C48H82NO9P/c1-6-8-10-12-14-15-16-17-18-19-20-21-22-23-27-32-36-40-48(52)58-46(44-57-59(53,54)56-42-41-49(3,4)5)43-55-47(51)39-35-31-28-24-26-30-34-38-45(50)37-33-29-25-13-11-9-7-2/h17-18,20-21,23-25,27-30,33-34,37,45-46,50H,6-16,19,22,26,31-32,35-36,38-44H2,1-5H3/b18-17-,21-20-,27-23-,28-24+,29-25-,34-30-,37-33-/t45-,46-/m1/s1. The summed E-state index contributed by atoms with van der Waals surface area (Å²) in [5.74, 6) is -1.01. The highest BCUT2D eigenvalue weighted by Gasteiger charge is 2.21. The Hall–Kier alpha value is -2.85. The van der Waals surface area contributed by atoms with Gasteiger partial charge in [-0.25, -0.2) is 0 Å². The quantitative estimate of drug-likeness (QED) is 0.0160. The van der Waals surface area contributed by atoms with Crippen molar-refractivity contribution in [2.24, 2.45) is 0 Å². The number of allylic oxidation sites excluding steroid dienone is 12. The maximum Gasteiger partial charge on any atom is 0.306 e. The van der Waals surface area contributed by atoms with Crippen molar-refractivity contribution >= 4 is 19.8 Å². The van der Waals surface area contributed by atoms with Crippen LogP contribution in [-0.4, -0.2) is 81.2 Å². The lowest BCUT2D eigenvalue weighted by molar-refractivity contribution is -0.870. The van der Waals surface area contributed by atoms with Crippen LogP contribution in [-0.2, 0) is 32.7 Å². The van der Waals surface area contributed by atoms with Crippen LogP contribution in [0.15, 0.2) is 85.1 Å². The van der Waals surface area contributed by atoms with Crippen LogP contribution in [0.2, 0.25) is 0 Å². The summed E-state index contributed by atoms with van der Waals surface area (Å²) in [4.78, 5) is 37.5. The van der Waals surface area contributed by atoms with Crippen LogP contribution in [0, 0.1) is 0 Å². The lowest BCUT2D eigenvalue weighted by Crippen LogP contribution is -2.37. The van der Waals surface area contributed by atoms with E-state index in [2.05, 4.69) is 50.3 Å². The van der Waals surface area contributed by atoms with E-state index in [9.17, 15) is 24.2 Å². The third-order valence-electron chi connectivity index (χ3n) is 8.97. The van der Waals surface area contributed by atoms with E-state index in [0.717, 1.165) is 32.1 Å². The molecule has 0 radical (unpaired) electrons. The molecule has 338 valence electrons. The molecule has 0 aliphatic heterocycles. The lowest BCUT2D eigenvalue weighted by Gasteiger charge is -2.28. The molecule has 11 heteroatoms. The van der Waals surface area contributed by atoms with Crippen LogP contribution >= 0.6 is 7.82 Å². The van der Waals surface area contributed by atoms with E-state index in [1.54, 1.807) is 6.08 Å². The first-order chi connectivity index (χ1) is 28.4. The molecule has 0 saturated carbocycles. The fourth-order valence-corrected chi connectivity index (χ4v) is 6.12. The molecule has 1 N–H and O–H groups in total. The molecule has 0 saturated heterocycles. The molecule has 0 amide bonds. The maximum absolute atomic E-state index is 12.7. The number of ether oxygens (including phenoxy) is 2. The van der Waals surface area contributed by atoms with Gasteiger partial charge in [0.05, 0.1) is 33.9 Å². The van der Waals surface area contributed by atoms with Crippen LogP contribution in [0.3, 0.4) is 0 Å². The summed E-state index contributed by atoms with van der Waals surface area (Å²) in [7, 11) is 1.06. The van der Waals surface area contributed by atoms with Gasteiger partial charge in [-0.1, -0.05) is 144 Å². The molecule has 10 nitrogen and oxygen atoms in total. The van der Waals surface area contributed by atoms with Gasteiger partial charge in [-0.05, 0) is 77.0 Å². The van der Waals surface area contributed by atoms with Crippen molar-refractivity contribution in [1.29, 1.82) is 0 Å². The number of aliphatic hydroxyl groups is 1. The molecule has 1 unspecified atom stereocenters. The zero-order valence-corrected chi connectivity index (χ0v) is 38.4. The van der Waals surface area contributed by atoms with Crippen molar-refractivity contribution in [1.82, 2.24) is 0 Å². The molecule has 0 spiro atoms.